The first-order chi connectivity index (χ1) is 7.99. The van der Waals surface area contributed by atoms with Crippen LogP contribution < -0.4 is 4.72 Å². The first kappa shape index (κ1) is 14.8. The van der Waals surface area contributed by atoms with Crippen LogP contribution in [0.1, 0.15) is 19.8 Å². The molecule has 0 radical (unpaired) electrons. The number of hydrogen-bond acceptors (Lipinski definition) is 4. The van der Waals surface area contributed by atoms with Crippen LogP contribution in [0.2, 0.25) is 0 Å². The van der Waals surface area contributed by atoms with Crippen molar-refractivity contribution in [1.82, 2.24) is 9.03 Å². The molecule has 1 aliphatic rings. The van der Waals surface area contributed by atoms with Crippen molar-refractivity contribution in [2.45, 2.75) is 26.1 Å². The number of nitrogens with one attached hydrogen (secondary N) is 1. The standard InChI is InChI=1S/C10H22N2O4S/c1-9-5-4-6-12(8-9)17(13,14)11-7-10(15-2)16-3/h9-11H,4-8H2,1-3H3. The highest BCUT2D eigenvalue weighted by Gasteiger charge is 2.27. The van der Waals surface area contributed by atoms with E-state index in [2.05, 4.69) is 11.6 Å². The van der Waals surface area contributed by atoms with E-state index in [1.54, 1.807) is 0 Å². The number of methoxy groups -OCH3 is 2. The molecule has 0 aliphatic carbocycles. The maximum Gasteiger partial charge on any atom is 0.279 e. The molecule has 1 fully saturated rings. The van der Waals surface area contributed by atoms with Crippen LogP contribution in [0.3, 0.4) is 0 Å². The van der Waals surface area contributed by atoms with E-state index in [1.165, 1.54) is 18.5 Å². The SMILES string of the molecule is COC(CNS(=O)(=O)N1CCCC(C)C1)OC. The largest absolute Gasteiger partial charge is 0.355 e. The molecule has 6 nitrogen and oxygen atoms in total. The lowest BCUT2D eigenvalue weighted by Crippen LogP contribution is -2.47. The van der Waals surface area contributed by atoms with E-state index in [0.717, 1.165) is 12.8 Å². The van der Waals surface area contributed by atoms with Gasteiger partial charge in [-0.15, -0.1) is 0 Å². The van der Waals surface area contributed by atoms with Crippen LogP contribution in [-0.2, 0) is 19.7 Å². The Labute approximate surface area is 103 Å². The molecule has 1 saturated heterocycles. The Kier molecular flexibility index (Phi) is 5.81. The Morgan fingerprint density at radius 2 is 2.06 bits per heavy atom. The van der Waals surface area contributed by atoms with Crippen LogP contribution in [0.25, 0.3) is 0 Å². The van der Waals surface area contributed by atoms with Crippen molar-refractivity contribution in [2.24, 2.45) is 5.92 Å². The van der Waals surface area contributed by atoms with Crippen molar-refractivity contribution in [3.05, 3.63) is 0 Å². The number of nitrogens with zero attached hydrogens (tertiary/aromatic N) is 1. The summed E-state index contributed by atoms with van der Waals surface area (Å²) in [5.74, 6) is 0.418. The minimum absolute atomic E-state index is 0.125. The second-order valence-corrected chi connectivity index (χ2v) is 6.12. The van der Waals surface area contributed by atoms with Gasteiger partial charge < -0.3 is 9.47 Å². The summed E-state index contributed by atoms with van der Waals surface area (Å²) in [5, 5.41) is 0. The summed E-state index contributed by atoms with van der Waals surface area (Å²) in [5.41, 5.74) is 0. The third kappa shape index (κ3) is 4.51. The molecule has 0 aromatic rings. The molecule has 0 aromatic heterocycles. The fourth-order valence-electron chi connectivity index (χ4n) is 1.89. The number of rotatable bonds is 6. The molecule has 1 N–H and O–H groups in total. The summed E-state index contributed by atoms with van der Waals surface area (Å²) >= 11 is 0. The van der Waals surface area contributed by atoms with Gasteiger partial charge in [-0.2, -0.15) is 17.4 Å². The van der Waals surface area contributed by atoms with Crippen molar-refractivity contribution in [2.75, 3.05) is 33.9 Å². The van der Waals surface area contributed by atoms with Gasteiger partial charge in [0.15, 0.2) is 6.29 Å². The van der Waals surface area contributed by atoms with Gasteiger partial charge in [-0.1, -0.05) is 6.92 Å². The van der Waals surface area contributed by atoms with Gasteiger partial charge >= 0.3 is 0 Å². The van der Waals surface area contributed by atoms with Gasteiger partial charge in [-0.3, -0.25) is 0 Å². The zero-order valence-corrected chi connectivity index (χ0v) is 11.5. The van der Waals surface area contributed by atoms with E-state index in [4.69, 9.17) is 9.47 Å². The van der Waals surface area contributed by atoms with Crippen LogP contribution in [-0.4, -0.2) is 52.9 Å². The predicted octanol–water partition coefficient (Wildman–Crippen LogP) is 0.172. The van der Waals surface area contributed by atoms with Crippen molar-refractivity contribution in [3.63, 3.8) is 0 Å². The Balaban J connectivity index is 2.50. The molecule has 1 unspecified atom stereocenters. The lowest BCUT2D eigenvalue weighted by Gasteiger charge is -2.30. The third-order valence-electron chi connectivity index (χ3n) is 2.92. The van der Waals surface area contributed by atoms with Crippen LogP contribution in [0.5, 0.6) is 0 Å². The Morgan fingerprint density at radius 3 is 2.59 bits per heavy atom. The van der Waals surface area contributed by atoms with Crippen molar-refractivity contribution in [3.8, 4) is 0 Å². The summed E-state index contributed by atoms with van der Waals surface area (Å²) in [6.45, 7) is 3.36. The third-order valence-corrected chi connectivity index (χ3v) is 4.46. The molecule has 1 rings (SSSR count). The highest BCUT2D eigenvalue weighted by Crippen LogP contribution is 2.17. The molecule has 1 atom stereocenters. The van der Waals surface area contributed by atoms with Crippen LogP contribution in [0.15, 0.2) is 0 Å². The van der Waals surface area contributed by atoms with Gasteiger partial charge in [0, 0.05) is 27.3 Å². The molecule has 0 bridgehead atoms. The van der Waals surface area contributed by atoms with Gasteiger partial charge in [0.05, 0.1) is 6.54 Å². The fraction of sp³-hybridized carbons (Fsp3) is 1.00. The zero-order valence-electron chi connectivity index (χ0n) is 10.7. The second-order valence-electron chi connectivity index (χ2n) is 4.36. The fourth-order valence-corrected chi connectivity index (χ4v) is 3.24. The second kappa shape index (κ2) is 6.65. The number of hydrogen-bond donors (Lipinski definition) is 1. The maximum absolute atomic E-state index is 12.0. The van der Waals surface area contributed by atoms with E-state index >= 15 is 0 Å². The molecule has 0 saturated carbocycles. The average Bonchev–Trinajstić information content (AvgIpc) is 2.30. The van der Waals surface area contributed by atoms with Gasteiger partial charge in [0.25, 0.3) is 10.2 Å². The molecule has 1 aliphatic heterocycles. The van der Waals surface area contributed by atoms with Crippen molar-refractivity contribution >= 4 is 10.2 Å². The van der Waals surface area contributed by atoms with Crippen LogP contribution >= 0.6 is 0 Å². The molecular formula is C10H22N2O4S. The summed E-state index contributed by atoms with van der Waals surface area (Å²) in [6.07, 6.45) is 1.46. The minimum Gasteiger partial charge on any atom is -0.355 e. The zero-order chi connectivity index (χ0) is 12.9. The van der Waals surface area contributed by atoms with Gasteiger partial charge in [-0.25, -0.2) is 0 Å². The first-order valence-corrected chi connectivity index (χ1v) is 7.24. The monoisotopic (exact) mass is 266 g/mol. The summed E-state index contributed by atoms with van der Waals surface area (Å²) in [4.78, 5) is 0. The molecule has 7 heteroatoms. The van der Waals surface area contributed by atoms with Gasteiger partial charge in [0.1, 0.15) is 0 Å². The lowest BCUT2D eigenvalue weighted by atomic mass is 10.0. The molecule has 0 aromatic carbocycles. The highest BCUT2D eigenvalue weighted by atomic mass is 32.2. The molecule has 102 valence electrons. The Morgan fingerprint density at radius 1 is 1.41 bits per heavy atom. The van der Waals surface area contributed by atoms with Gasteiger partial charge in [-0.05, 0) is 18.8 Å². The van der Waals surface area contributed by atoms with E-state index in [0.29, 0.717) is 19.0 Å². The van der Waals surface area contributed by atoms with E-state index in [9.17, 15) is 8.42 Å². The summed E-state index contributed by atoms with van der Waals surface area (Å²) in [7, 11) is -0.453. The summed E-state index contributed by atoms with van der Waals surface area (Å²) in [6, 6.07) is 0. The van der Waals surface area contributed by atoms with Crippen molar-refractivity contribution < 1.29 is 17.9 Å². The number of piperidine rings is 1. The van der Waals surface area contributed by atoms with Gasteiger partial charge in [0.2, 0.25) is 0 Å². The molecular weight excluding hydrogens is 244 g/mol. The van der Waals surface area contributed by atoms with E-state index in [-0.39, 0.29) is 6.54 Å². The molecule has 0 spiro atoms. The van der Waals surface area contributed by atoms with Crippen LogP contribution in [0.4, 0.5) is 0 Å². The van der Waals surface area contributed by atoms with Crippen LogP contribution in [0, 0.1) is 5.92 Å². The number of ether oxygens (including phenoxy) is 2. The first-order valence-electron chi connectivity index (χ1n) is 5.80. The molecule has 17 heavy (non-hydrogen) atoms. The molecule has 1 heterocycles. The smallest absolute Gasteiger partial charge is 0.279 e. The molecule has 0 amide bonds. The van der Waals surface area contributed by atoms with E-state index in [1.807, 2.05) is 0 Å². The maximum atomic E-state index is 12.0. The topological polar surface area (TPSA) is 67.9 Å². The quantitative estimate of drug-likeness (QED) is 0.696. The van der Waals surface area contributed by atoms with E-state index < -0.39 is 16.5 Å². The predicted molar refractivity (Wildman–Crippen MR) is 64.7 cm³/mol. The summed E-state index contributed by atoms with van der Waals surface area (Å²) < 4.78 is 37.8. The normalized spacial score (nSPS) is 23.2. The van der Waals surface area contributed by atoms with Crippen molar-refractivity contribution in [1.29, 1.82) is 0 Å². The Hall–Kier alpha value is -0.210. The lowest BCUT2D eigenvalue weighted by molar-refractivity contribution is -0.0962. The highest BCUT2D eigenvalue weighted by molar-refractivity contribution is 7.87. The Bertz CT molecular complexity index is 316. The average molecular weight is 266 g/mol. The minimum atomic E-state index is -3.41.